The van der Waals surface area contributed by atoms with Gasteiger partial charge in [-0.25, -0.2) is 13.2 Å². The Bertz CT molecular complexity index is 640. The molecule has 0 radical (unpaired) electrons. The summed E-state index contributed by atoms with van der Waals surface area (Å²) in [6, 6.07) is 0.699. The molecule has 2 fully saturated rings. The molecule has 2 aliphatic heterocycles. The maximum Gasteiger partial charge on any atom is 0.163 e. The highest BCUT2D eigenvalue weighted by molar-refractivity contribution is 5.86. The van der Waals surface area contributed by atoms with Crippen LogP contribution >= 0.6 is 0 Å². The number of rotatable bonds is 5. The minimum absolute atomic E-state index is 0.0744. The number of ketones is 1. The van der Waals surface area contributed by atoms with Crippen molar-refractivity contribution >= 4 is 5.78 Å². The number of hydrogen-bond donors (Lipinski definition) is 1. The minimum atomic E-state index is -1.25. The molecule has 3 atom stereocenters. The van der Waals surface area contributed by atoms with Gasteiger partial charge in [-0.3, -0.25) is 9.69 Å². The first-order valence-electron chi connectivity index (χ1n) is 8.19. The van der Waals surface area contributed by atoms with Crippen LogP contribution in [0.5, 0.6) is 0 Å². The highest BCUT2D eigenvalue weighted by Crippen LogP contribution is 2.30. The number of likely N-dealkylation sites (tertiary alicyclic amines) is 2. The van der Waals surface area contributed by atoms with Crippen molar-refractivity contribution in [2.45, 2.75) is 24.9 Å². The third-order valence-electron chi connectivity index (χ3n) is 5.15. The number of hydrogen-bond acceptors (Lipinski definition) is 4. The molecule has 2 heterocycles. The van der Waals surface area contributed by atoms with E-state index in [0.29, 0.717) is 18.0 Å². The molecule has 2 N–H and O–H groups in total. The van der Waals surface area contributed by atoms with Gasteiger partial charge in [-0.2, -0.15) is 0 Å². The predicted octanol–water partition coefficient (Wildman–Crippen LogP) is 1.18. The van der Waals surface area contributed by atoms with Crippen LogP contribution in [0.15, 0.2) is 12.1 Å². The van der Waals surface area contributed by atoms with Crippen LogP contribution in [0.2, 0.25) is 0 Å². The lowest BCUT2D eigenvalue weighted by Gasteiger charge is -2.24. The molecular weight excluding hydrogens is 319 g/mol. The summed E-state index contributed by atoms with van der Waals surface area (Å²) >= 11 is 0. The van der Waals surface area contributed by atoms with Crippen LogP contribution in [0.4, 0.5) is 13.2 Å². The van der Waals surface area contributed by atoms with Crippen LogP contribution in [0.3, 0.4) is 0 Å². The van der Waals surface area contributed by atoms with Crippen molar-refractivity contribution in [3.63, 3.8) is 0 Å². The smallest absolute Gasteiger partial charge is 0.163 e. The Kier molecular flexibility index (Phi) is 4.94. The minimum Gasteiger partial charge on any atom is -0.321 e. The van der Waals surface area contributed by atoms with Crippen LogP contribution in [0.1, 0.15) is 12.0 Å². The molecule has 3 rings (SSSR count). The van der Waals surface area contributed by atoms with E-state index in [-0.39, 0.29) is 24.3 Å². The highest BCUT2D eigenvalue weighted by atomic mass is 19.2. The van der Waals surface area contributed by atoms with E-state index < -0.39 is 23.5 Å². The first-order chi connectivity index (χ1) is 11.3. The largest absolute Gasteiger partial charge is 0.321 e. The first kappa shape index (κ1) is 17.4. The number of likely N-dealkylation sites (N-methyl/N-ethyl adjacent to an activating group) is 1. The summed E-state index contributed by atoms with van der Waals surface area (Å²) in [6.07, 6.45) is 0.930. The number of fused-ring (bicyclic) bond motifs is 1. The number of halogens is 3. The molecule has 0 aliphatic carbocycles. The molecule has 4 nitrogen and oxygen atoms in total. The molecular formula is C17H22F3N3O. The van der Waals surface area contributed by atoms with E-state index in [9.17, 15) is 18.0 Å². The Morgan fingerprint density at radius 2 is 1.96 bits per heavy atom. The lowest BCUT2D eigenvalue weighted by atomic mass is 10.0. The molecule has 0 spiro atoms. The second kappa shape index (κ2) is 6.82. The topological polar surface area (TPSA) is 49.6 Å². The maximum absolute atomic E-state index is 13.7. The van der Waals surface area contributed by atoms with E-state index >= 15 is 0 Å². The van der Waals surface area contributed by atoms with Crippen molar-refractivity contribution in [3.05, 3.63) is 35.1 Å². The second-order valence-electron chi connectivity index (χ2n) is 6.94. The molecule has 1 aromatic rings. The molecule has 1 aromatic carbocycles. The normalized spacial score (nSPS) is 25.9. The van der Waals surface area contributed by atoms with Crippen molar-refractivity contribution < 1.29 is 18.0 Å². The summed E-state index contributed by atoms with van der Waals surface area (Å²) in [6.45, 7) is 3.06. The Morgan fingerprint density at radius 1 is 1.25 bits per heavy atom. The summed E-state index contributed by atoms with van der Waals surface area (Å²) in [7, 11) is 2.07. The zero-order valence-electron chi connectivity index (χ0n) is 13.6. The van der Waals surface area contributed by atoms with E-state index in [4.69, 9.17) is 5.73 Å². The fraction of sp³-hybridized carbons (Fsp3) is 0.588. The third kappa shape index (κ3) is 3.48. The molecule has 0 amide bonds. The van der Waals surface area contributed by atoms with Gasteiger partial charge in [0.25, 0.3) is 0 Å². The summed E-state index contributed by atoms with van der Waals surface area (Å²) in [4.78, 5) is 16.8. The van der Waals surface area contributed by atoms with Crippen LogP contribution in [-0.2, 0) is 11.2 Å². The summed E-state index contributed by atoms with van der Waals surface area (Å²) in [5.41, 5.74) is 5.80. The van der Waals surface area contributed by atoms with Gasteiger partial charge in [0, 0.05) is 25.2 Å². The van der Waals surface area contributed by atoms with Crippen molar-refractivity contribution in [2.24, 2.45) is 11.7 Å². The number of Topliss-reactive ketones (excluding diaryl/α,β-unsaturated/α-hetero) is 1. The van der Waals surface area contributed by atoms with Gasteiger partial charge in [-0.15, -0.1) is 0 Å². The van der Waals surface area contributed by atoms with E-state index in [2.05, 4.69) is 16.8 Å². The fourth-order valence-electron chi connectivity index (χ4n) is 3.84. The zero-order valence-corrected chi connectivity index (χ0v) is 13.6. The van der Waals surface area contributed by atoms with Gasteiger partial charge in [0.05, 0.1) is 12.6 Å². The van der Waals surface area contributed by atoms with Gasteiger partial charge >= 0.3 is 0 Å². The van der Waals surface area contributed by atoms with Crippen molar-refractivity contribution in [1.82, 2.24) is 9.80 Å². The van der Waals surface area contributed by atoms with Gasteiger partial charge in [0.2, 0.25) is 0 Å². The standard InChI is InChI=1S/C17H22F3N3O/c1-22-7-10-2-3-23(16(10)8-22)9-17(24)15(21)5-11-4-13(19)14(20)6-12(11)18/h4,6,10,15-16H,2-3,5,7-9,21H2,1H3/t10-,15+,16+/m0/s1. The SMILES string of the molecule is CN1C[C@@H]2CCN(CC(=O)[C@H](N)Cc3cc(F)c(F)cc3F)[C@@H]2C1. The average molecular weight is 341 g/mol. The average Bonchev–Trinajstić information content (AvgIpc) is 3.05. The Morgan fingerprint density at radius 3 is 2.71 bits per heavy atom. The van der Waals surface area contributed by atoms with Crippen LogP contribution < -0.4 is 5.73 Å². The molecule has 0 aromatic heterocycles. The number of carbonyl (C=O) groups is 1. The number of nitrogens with zero attached hydrogens (tertiary/aromatic N) is 2. The lowest BCUT2D eigenvalue weighted by Crippen LogP contribution is -2.44. The van der Waals surface area contributed by atoms with Crippen molar-refractivity contribution in [1.29, 1.82) is 0 Å². The van der Waals surface area contributed by atoms with E-state index in [1.807, 2.05) is 0 Å². The molecule has 0 saturated carbocycles. The van der Waals surface area contributed by atoms with Gasteiger partial charge in [0.15, 0.2) is 17.4 Å². The van der Waals surface area contributed by atoms with Gasteiger partial charge in [-0.1, -0.05) is 0 Å². The fourth-order valence-corrected chi connectivity index (χ4v) is 3.84. The molecule has 7 heteroatoms. The van der Waals surface area contributed by atoms with Crippen LogP contribution in [-0.4, -0.2) is 60.9 Å². The van der Waals surface area contributed by atoms with Crippen molar-refractivity contribution in [2.75, 3.05) is 33.2 Å². The van der Waals surface area contributed by atoms with Gasteiger partial charge < -0.3 is 10.6 Å². The van der Waals surface area contributed by atoms with E-state index in [1.165, 1.54) is 0 Å². The Labute approximate surface area is 139 Å². The number of nitrogens with two attached hydrogens (primary N) is 1. The van der Waals surface area contributed by atoms with Gasteiger partial charge in [0.1, 0.15) is 5.82 Å². The zero-order chi connectivity index (χ0) is 17.4. The van der Waals surface area contributed by atoms with E-state index in [0.717, 1.165) is 32.1 Å². The summed E-state index contributed by atoms with van der Waals surface area (Å²) in [5.74, 6) is -2.88. The molecule has 132 valence electrons. The Hall–Kier alpha value is -1.44. The Balaban J connectivity index is 1.60. The van der Waals surface area contributed by atoms with E-state index in [1.54, 1.807) is 0 Å². The lowest BCUT2D eigenvalue weighted by molar-refractivity contribution is -0.121. The number of benzene rings is 1. The molecule has 2 aliphatic rings. The van der Waals surface area contributed by atoms with Crippen LogP contribution in [0, 0.1) is 23.4 Å². The quantitative estimate of drug-likeness (QED) is 0.817. The summed E-state index contributed by atoms with van der Waals surface area (Å²) in [5, 5.41) is 0. The highest BCUT2D eigenvalue weighted by Gasteiger charge is 2.40. The first-order valence-corrected chi connectivity index (χ1v) is 8.19. The maximum atomic E-state index is 13.7. The monoisotopic (exact) mass is 341 g/mol. The second-order valence-corrected chi connectivity index (χ2v) is 6.94. The van der Waals surface area contributed by atoms with Gasteiger partial charge in [-0.05, 0) is 44.0 Å². The molecule has 0 bridgehead atoms. The number of carbonyl (C=O) groups excluding carboxylic acids is 1. The molecule has 24 heavy (non-hydrogen) atoms. The van der Waals surface area contributed by atoms with Crippen molar-refractivity contribution in [3.8, 4) is 0 Å². The third-order valence-corrected chi connectivity index (χ3v) is 5.15. The van der Waals surface area contributed by atoms with Crippen LogP contribution in [0.25, 0.3) is 0 Å². The summed E-state index contributed by atoms with van der Waals surface area (Å²) < 4.78 is 39.9. The predicted molar refractivity (Wildman–Crippen MR) is 84.0 cm³/mol. The molecule has 2 saturated heterocycles. The molecule has 0 unspecified atom stereocenters.